The van der Waals surface area contributed by atoms with E-state index in [0.717, 1.165) is 5.69 Å². The summed E-state index contributed by atoms with van der Waals surface area (Å²) in [4.78, 5) is 2.54. The molecule has 10 rings (SSSR count). The number of hydrogen-bond acceptors (Lipinski definition) is 2. The molecule has 2 aliphatic carbocycles. The maximum absolute atomic E-state index is 2.54. The number of rotatable bonds is 4. The van der Waals surface area contributed by atoms with Crippen molar-refractivity contribution in [2.45, 2.75) is 38.5 Å². The summed E-state index contributed by atoms with van der Waals surface area (Å²) >= 11 is 1.87. The predicted molar refractivity (Wildman–Crippen MR) is 215 cm³/mol. The highest BCUT2D eigenvalue weighted by Gasteiger charge is 2.41. The van der Waals surface area contributed by atoms with Gasteiger partial charge in [0.25, 0.3) is 0 Å². The zero-order chi connectivity index (χ0) is 33.8. The molecule has 0 amide bonds. The van der Waals surface area contributed by atoms with E-state index in [4.69, 9.17) is 0 Å². The normalized spacial score (nSPS) is 14.7. The van der Waals surface area contributed by atoms with Crippen LogP contribution in [0.4, 0.5) is 17.1 Å². The van der Waals surface area contributed by atoms with Crippen LogP contribution in [0.15, 0.2) is 152 Å². The maximum atomic E-state index is 2.54. The molecule has 0 atom stereocenters. The minimum absolute atomic E-state index is 0.0872. The van der Waals surface area contributed by atoms with Crippen molar-refractivity contribution in [2.24, 2.45) is 0 Å². The summed E-state index contributed by atoms with van der Waals surface area (Å²) in [7, 11) is 0. The van der Waals surface area contributed by atoms with E-state index in [-0.39, 0.29) is 10.8 Å². The minimum atomic E-state index is -0.158. The van der Waals surface area contributed by atoms with Crippen molar-refractivity contribution in [1.82, 2.24) is 0 Å². The van der Waals surface area contributed by atoms with Gasteiger partial charge in [-0.25, -0.2) is 0 Å². The number of hydrogen-bond donors (Lipinski definition) is 0. The Balaban J connectivity index is 1.19. The second kappa shape index (κ2) is 10.5. The van der Waals surface area contributed by atoms with E-state index in [2.05, 4.69) is 184 Å². The smallest absolute Gasteiger partial charge is 0.0543 e. The van der Waals surface area contributed by atoms with Crippen LogP contribution in [0.2, 0.25) is 0 Å². The molecule has 0 N–H and O–H groups in total. The van der Waals surface area contributed by atoms with Crippen molar-refractivity contribution < 1.29 is 0 Å². The Morgan fingerprint density at radius 2 is 1.04 bits per heavy atom. The lowest BCUT2D eigenvalue weighted by Crippen LogP contribution is -2.21. The summed E-state index contributed by atoms with van der Waals surface area (Å²) in [6.07, 6.45) is 0. The van der Waals surface area contributed by atoms with Crippen LogP contribution < -0.4 is 4.90 Å². The fraction of sp³-hybridized carbons (Fsp3) is 0.125. The van der Waals surface area contributed by atoms with Crippen LogP contribution in [-0.2, 0) is 10.8 Å². The van der Waals surface area contributed by atoms with E-state index in [1.165, 1.54) is 87.2 Å². The van der Waals surface area contributed by atoms with E-state index in [1.807, 2.05) is 11.3 Å². The molecule has 1 aromatic heterocycles. The van der Waals surface area contributed by atoms with Crippen molar-refractivity contribution in [3.8, 4) is 33.4 Å². The second-order valence-electron chi connectivity index (χ2n) is 14.9. The first-order valence-electron chi connectivity index (χ1n) is 17.6. The Labute approximate surface area is 298 Å². The molecule has 0 unspecified atom stereocenters. The molecule has 240 valence electrons. The van der Waals surface area contributed by atoms with Gasteiger partial charge in [0.1, 0.15) is 0 Å². The van der Waals surface area contributed by atoms with E-state index in [1.54, 1.807) is 0 Å². The zero-order valence-corrected chi connectivity index (χ0v) is 29.6. The summed E-state index contributed by atoms with van der Waals surface area (Å²) < 4.78 is 2.67. The lowest BCUT2D eigenvalue weighted by atomic mass is 9.81. The Hall–Kier alpha value is -5.44. The largest absolute Gasteiger partial charge is 0.310 e. The van der Waals surface area contributed by atoms with Gasteiger partial charge in [0, 0.05) is 42.3 Å². The van der Waals surface area contributed by atoms with Gasteiger partial charge in [-0.15, -0.1) is 11.3 Å². The molecule has 1 heterocycles. The van der Waals surface area contributed by atoms with Gasteiger partial charge in [0.15, 0.2) is 0 Å². The van der Waals surface area contributed by atoms with Crippen molar-refractivity contribution in [3.63, 3.8) is 0 Å². The maximum Gasteiger partial charge on any atom is 0.0543 e. The first kappa shape index (κ1) is 29.5. The lowest BCUT2D eigenvalue weighted by molar-refractivity contribution is 0.659. The summed E-state index contributed by atoms with van der Waals surface area (Å²) in [6.45, 7) is 9.52. The number of anilines is 3. The molecule has 1 nitrogen and oxygen atoms in total. The molecule has 0 bridgehead atoms. The van der Waals surface area contributed by atoms with Gasteiger partial charge in [0.2, 0.25) is 0 Å². The molecule has 0 aliphatic heterocycles. The first-order valence-corrected chi connectivity index (χ1v) is 18.4. The molecule has 50 heavy (non-hydrogen) atoms. The van der Waals surface area contributed by atoms with Gasteiger partial charge in [0.05, 0.1) is 11.4 Å². The third-order valence-electron chi connectivity index (χ3n) is 11.5. The first-order chi connectivity index (χ1) is 24.3. The van der Waals surface area contributed by atoms with E-state index in [0.29, 0.717) is 0 Å². The average molecular weight is 660 g/mol. The van der Waals surface area contributed by atoms with Crippen LogP contribution in [0, 0.1) is 0 Å². The molecule has 0 saturated carbocycles. The Bertz CT molecular complexity index is 2650. The monoisotopic (exact) mass is 659 g/mol. The molecule has 8 aromatic rings. The quantitative estimate of drug-likeness (QED) is 0.182. The number of thiophene rings is 1. The molecule has 0 saturated heterocycles. The fourth-order valence-corrected chi connectivity index (χ4v) is 10.1. The van der Waals surface area contributed by atoms with Crippen LogP contribution in [0.3, 0.4) is 0 Å². The molecule has 7 aromatic carbocycles. The molecular formula is C48H37NS. The second-order valence-corrected chi connectivity index (χ2v) is 16.0. The van der Waals surface area contributed by atoms with Crippen molar-refractivity contribution in [2.75, 3.05) is 4.90 Å². The zero-order valence-electron chi connectivity index (χ0n) is 28.8. The van der Waals surface area contributed by atoms with Crippen LogP contribution in [-0.4, -0.2) is 0 Å². The van der Waals surface area contributed by atoms with Crippen LogP contribution in [0.1, 0.15) is 49.9 Å². The highest BCUT2D eigenvalue weighted by atomic mass is 32.1. The number of fused-ring (bicyclic) bond motifs is 9. The van der Waals surface area contributed by atoms with Crippen LogP contribution in [0.25, 0.3) is 53.6 Å². The topological polar surface area (TPSA) is 3.24 Å². The molecular weight excluding hydrogens is 623 g/mol. The fourth-order valence-electron chi connectivity index (χ4n) is 9.04. The SMILES string of the molecule is CC1(C)c2ccccc2-c2c(N(c3ccc(-c4ccc5sc6ccccc6c5c4)cc3)c3cccc4c3C(C)(C)c3ccccc3-4)cccc21. The van der Waals surface area contributed by atoms with E-state index in [9.17, 15) is 0 Å². The Morgan fingerprint density at radius 1 is 0.440 bits per heavy atom. The molecule has 0 fully saturated rings. The van der Waals surface area contributed by atoms with Gasteiger partial charge in [-0.3, -0.25) is 0 Å². The highest BCUT2D eigenvalue weighted by molar-refractivity contribution is 7.25. The predicted octanol–water partition coefficient (Wildman–Crippen LogP) is 13.8. The van der Waals surface area contributed by atoms with Crippen LogP contribution >= 0.6 is 11.3 Å². The van der Waals surface area contributed by atoms with Crippen molar-refractivity contribution in [3.05, 3.63) is 174 Å². The minimum Gasteiger partial charge on any atom is -0.310 e. The molecule has 0 radical (unpaired) electrons. The summed E-state index contributed by atoms with van der Waals surface area (Å²) in [6, 6.07) is 56.7. The molecule has 2 heteroatoms. The molecule has 0 spiro atoms. The van der Waals surface area contributed by atoms with Gasteiger partial charge < -0.3 is 4.90 Å². The van der Waals surface area contributed by atoms with Gasteiger partial charge in [-0.2, -0.15) is 0 Å². The van der Waals surface area contributed by atoms with E-state index < -0.39 is 0 Å². The van der Waals surface area contributed by atoms with E-state index >= 15 is 0 Å². The number of benzene rings is 7. The average Bonchev–Trinajstić information content (AvgIpc) is 3.72. The lowest BCUT2D eigenvalue weighted by Gasteiger charge is -2.33. The Kier molecular flexibility index (Phi) is 6.21. The Morgan fingerprint density at radius 3 is 1.86 bits per heavy atom. The number of nitrogens with zero attached hydrogens (tertiary/aromatic N) is 1. The summed E-state index contributed by atoms with van der Waals surface area (Å²) in [5.41, 5.74) is 16.7. The summed E-state index contributed by atoms with van der Waals surface area (Å²) in [5, 5.41) is 2.66. The van der Waals surface area contributed by atoms with Crippen LogP contribution in [0.5, 0.6) is 0 Å². The highest BCUT2D eigenvalue weighted by Crippen LogP contribution is 2.58. The van der Waals surface area contributed by atoms with Gasteiger partial charge in [-0.05, 0) is 92.5 Å². The van der Waals surface area contributed by atoms with Gasteiger partial charge >= 0.3 is 0 Å². The van der Waals surface area contributed by atoms with Crippen molar-refractivity contribution in [1.29, 1.82) is 0 Å². The van der Waals surface area contributed by atoms with Gasteiger partial charge in [-0.1, -0.05) is 137 Å². The summed E-state index contributed by atoms with van der Waals surface area (Å²) in [5.74, 6) is 0. The van der Waals surface area contributed by atoms with Crippen molar-refractivity contribution >= 4 is 48.6 Å². The standard InChI is InChI=1S/C48H37NS/c1-47(2)39-18-9-6-15-36(39)45-40(47)19-12-20-41(45)49(42-21-11-16-35-33-13-5-8-17-38(33)48(3,4)46(35)42)32-26-23-30(24-27-32)31-25-28-44-37(29-31)34-14-7-10-22-43(34)50-44/h5-29H,1-4H3. The molecule has 2 aliphatic rings. The third kappa shape index (κ3) is 4.06. The third-order valence-corrected chi connectivity index (χ3v) is 12.6.